The zero-order valence-electron chi connectivity index (χ0n) is 14.6. The number of carbonyl (C=O) groups is 2. The Labute approximate surface area is 150 Å². The predicted octanol–water partition coefficient (Wildman–Crippen LogP) is 1.61. The molecule has 0 aromatic carbocycles. The maximum Gasteiger partial charge on any atom is 0.254 e. The second-order valence-corrected chi connectivity index (χ2v) is 7.06. The van der Waals surface area contributed by atoms with Crippen LogP contribution in [0, 0.1) is 11.4 Å². The van der Waals surface area contributed by atoms with Gasteiger partial charge in [0.1, 0.15) is 0 Å². The minimum Gasteiger partial charge on any atom is -0.338 e. The summed E-state index contributed by atoms with van der Waals surface area (Å²) >= 11 is 0. The number of anilines is 1. The largest absolute Gasteiger partial charge is 0.338 e. The van der Waals surface area contributed by atoms with Gasteiger partial charge in [-0.3, -0.25) is 14.3 Å². The van der Waals surface area contributed by atoms with Gasteiger partial charge in [0.05, 0.1) is 17.3 Å². The van der Waals surface area contributed by atoms with E-state index in [0.29, 0.717) is 26.1 Å². The molecule has 2 saturated heterocycles. The molecule has 2 fully saturated rings. The van der Waals surface area contributed by atoms with Gasteiger partial charge in [-0.1, -0.05) is 0 Å². The molecule has 2 aromatic heterocycles. The Bertz CT molecular complexity index is 867. The predicted molar refractivity (Wildman–Crippen MR) is 91.9 cm³/mol. The van der Waals surface area contributed by atoms with Gasteiger partial charge in [-0.15, -0.1) is 0 Å². The number of carbonyl (C=O) groups excluding carboxylic acids is 2. The van der Waals surface area contributed by atoms with Crippen LogP contribution in [0.4, 0.5) is 10.1 Å². The van der Waals surface area contributed by atoms with E-state index in [-0.39, 0.29) is 17.4 Å². The lowest BCUT2D eigenvalue weighted by Gasteiger charge is -2.39. The molecule has 2 aromatic rings. The number of piperidine rings is 1. The third-order valence-corrected chi connectivity index (χ3v) is 5.35. The molecule has 4 rings (SSSR count). The lowest BCUT2D eigenvalue weighted by Crippen LogP contribution is -2.50. The lowest BCUT2D eigenvalue weighted by atomic mass is 9.78. The summed E-state index contributed by atoms with van der Waals surface area (Å²) in [7, 11) is 1.81. The molecule has 1 atom stereocenters. The Morgan fingerprint density at radius 3 is 2.88 bits per heavy atom. The van der Waals surface area contributed by atoms with Crippen molar-refractivity contribution in [3.8, 4) is 0 Å². The number of pyridine rings is 1. The highest BCUT2D eigenvalue weighted by atomic mass is 19.1. The maximum atomic E-state index is 13.3. The normalized spacial score (nSPS) is 23.1. The molecule has 0 aliphatic carbocycles. The molecule has 7 nitrogen and oxygen atoms in total. The number of aromatic nitrogens is 3. The molecule has 8 heteroatoms. The van der Waals surface area contributed by atoms with Crippen molar-refractivity contribution in [2.45, 2.75) is 19.3 Å². The van der Waals surface area contributed by atoms with Crippen molar-refractivity contribution >= 4 is 17.5 Å². The van der Waals surface area contributed by atoms with Crippen molar-refractivity contribution in [3.63, 3.8) is 0 Å². The molecule has 0 unspecified atom stereocenters. The molecule has 26 heavy (non-hydrogen) atoms. The van der Waals surface area contributed by atoms with Crippen molar-refractivity contribution in [2.24, 2.45) is 12.5 Å². The Hall–Kier alpha value is -2.77. The van der Waals surface area contributed by atoms with Gasteiger partial charge in [0.2, 0.25) is 11.9 Å². The van der Waals surface area contributed by atoms with E-state index in [1.807, 2.05) is 13.2 Å². The van der Waals surface area contributed by atoms with Crippen molar-refractivity contribution in [1.82, 2.24) is 19.7 Å². The number of hydrogen-bond donors (Lipinski definition) is 0. The smallest absolute Gasteiger partial charge is 0.254 e. The van der Waals surface area contributed by atoms with Crippen molar-refractivity contribution in [1.29, 1.82) is 0 Å². The quantitative estimate of drug-likeness (QED) is 0.766. The average molecular weight is 357 g/mol. The molecule has 2 amide bonds. The Morgan fingerprint density at radius 2 is 2.15 bits per heavy atom. The molecule has 0 saturated carbocycles. The summed E-state index contributed by atoms with van der Waals surface area (Å²) in [6.07, 6.45) is 7.01. The molecule has 0 N–H and O–H groups in total. The first-order valence-corrected chi connectivity index (χ1v) is 8.70. The number of nitrogens with zero attached hydrogens (tertiary/aromatic N) is 5. The first kappa shape index (κ1) is 16.7. The minimum atomic E-state index is -0.678. The van der Waals surface area contributed by atoms with Crippen molar-refractivity contribution in [2.75, 3.05) is 24.5 Å². The molecule has 2 aliphatic rings. The maximum absolute atomic E-state index is 13.3. The summed E-state index contributed by atoms with van der Waals surface area (Å²) in [5.41, 5.74) is 0.494. The van der Waals surface area contributed by atoms with Crippen LogP contribution in [0.5, 0.6) is 0 Å². The van der Waals surface area contributed by atoms with Crippen LogP contribution >= 0.6 is 0 Å². The summed E-state index contributed by atoms with van der Waals surface area (Å²) in [5.74, 6) is -0.885. The summed E-state index contributed by atoms with van der Waals surface area (Å²) in [5, 5.41) is 4.14. The summed E-state index contributed by atoms with van der Waals surface area (Å²) in [4.78, 5) is 32.8. The van der Waals surface area contributed by atoms with Crippen LogP contribution in [0.25, 0.3) is 0 Å². The summed E-state index contributed by atoms with van der Waals surface area (Å²) in [6.45, 7) is 1.56. The van der Waals surface area contributed by atoms with E-state index in [1.54, 1.807) is 20.7 Å². The van der Waals surface area contributed by atoms with Crippen LogP contribution < -0.4 is 4.90 Å². The monoisotopic (exact) mass is 357 g/mol. The Morgan fingerprint density at radius 1 is 1.31 bits per heavy atom. The van der Waals surface area contributed by atoms with Crippen molar-refractivity contribution < 1.29 is 14.0 Å². The highest BCUT2D eigenvalue weighted by molar-refractivity contribution is 6.01. The summed E-state index contributed by atoms with van der Waals surface area (Å²) < 4.78 is 15.0. The van der Waals surface area contributed by atoms with E-state index in [2.05, 4.69) is 10.1 Å². The molecular formula is C18H20FN5O2. The number of halogens is 1. The SMILES string of the molecule is Cn1cc(N2CC[C@@]3(CCCN(C(=O)c4ccnc(F)c4)C3)C2=O)cn1. The van der Waals surface area contributed by atoms with Crippen LogP contribution in [-0.4, -0.2) is 51.1 Å². The number of hydrogen-bond acceptors (Lipinski definition) is 4. The standard InChI is InChI=1S/C18H20FN5O2/c1-22-11-14(10-21-22)24-8-5-18(17(24)26)4-2-7-23(12-18)16(25)13-3-6-20-15(19)9-13/h3,6,9-11H,2,4-5,7-8,12H2,1H3/t18-/m1/s1. The van der Waals surface area contributed by atoms with E-state index in [1.165, 1.54) is 12.3 Å². The molecule has 0 radical (unpaired) electrons. The fourth-order valence-electron chi connectivity index (χ4n) is 4.02. The van der Waals surface area contributed by atoms with Gasteiger partial charge in [-0.25, -0.2) is 4.98 Å². The second-order valence-electron chi connectivity index (χ2n) is 7.06. The van der Waals surface area contributed by atoms with Gasteiger partial charge in [0.25, 0.3) is 5.91 Å². The van der Waals surface area contributed by atoms with Gasteiger partial charge in [-0.2, -0.15) is 9.49 Å². The highest BCUT2D eigenvalue weighted by Crippen LogP contribution is 2.42. The van der Waals surface area contributed by atoms with Crippen LogP contribution in [0.2, 0.25) is 0 Å². The van der Waals surface area contributed by atoms with Gasteiger partial charge < -0.3 is 9.80 Å². The van der Waals surface area contributed by atoms with Crippen molar-refractivity contribution in [3.05, 3.63) is 42.2 Å². The zero-order valence-corrected chi connectivity index (χ0v) is 14.6. The lowest BCUT2D eigenvalue weighted by molar-refractivity contribution is -0.127. The summed E-state index contributed by atoms with van der Waals surface area (Å²) in [6, 6.07) is 2.65. The van der Waals surface area contributed by atoms with Gasteiger partial charge >= 0.3 is 0 Å². The first-order chi connectivity index (χ1) is 12.5. The fourth-order valence-corrected chi connectivity index (χ4v) is 4.02. The first-order valence-electron chi connectivity index (χ1n) is 8.70. The van der Waals surface area contributed by atoms with E-state index in [4.69, 9.17) is 0 Å². The molecule has 2 aliphatic heterocycles. The van der Waals surface area contributed by atoms with Crippen LogP contribution in [0.15, 0.2) is 30.7 Å². The van der Waals surface area contributed by atoms with Gasteiger partial charge in [0.15, 0.2) is 0 Å². The number of likely N-dealkylation sites (tertiary alicyclic amines) is 1. The molecule has 136 valence electrons. The molecular weight excluding hydrogens is 337 g/mol. The van der Waals surface area contributed by atoms with Gasteiger partial charge in [0, 0.05) is 50.7 Å². The van der Waals surface area contributed by atoms with Crippen LogP contribution in [-0.2, 0) is 11.8 Å². The molecule has 1 spiro atoms. The number of amides is 2. The Kier molecular flexibility index (Phi) is 3.97. The van der Waals surface area contributed by atoms with E-state index in [9.17, 15) is 14.0 Å². The minimum absolute atomic E-state index is 0.0453. The van der Waals surface area contributed by atoms with Gasteiger partial charge in [-0.05, 0) is 25.3 Å². The molecule has 4 heterocycles. The zero-order chi connectivity index (χ0) is 18.3. The van der Waals surface area contributed by atoms with Crippen LogP contribution in [0.3, 0.4) is 0 Å². The second kappa shape index (κ2) is 6.19. The Balaban J connectivity index is 1.55. The highest BCUT2D eigenvalue weighted by Gasteiger charge is 2.50. The average Bonchev–Trinajstić information content (AvgIpc) is 3.19. The van der Waals surface area contributed by atoms with E-state index >= 15 is 0 Å². The molecule has 0 bridgehead atoms. The van der Waals surface area contributed by atoms with Crippen LogP contribution in [0.1, 0.15) is 29.6 Å². The van der Waals surface area contributed by atoms with E-state index < -0.39 is 11.4 Å². The third-order valence-electron chi connectivity index (χ3n) is 5.35. The van der Waals surface area contributed by atoms with E-state index in [0.717, 1.165) is 24.6 Å². The third kappa shape index (κ3) is 2.75. The topological polar surface area (TPSA) is 71.3 Å². The fraction of sp³-hybridized carbons (Fsp3) is 0.444. The number of rotatable bonds is 2. The number of aryl methyl sites for hydroxylation is 1.